The van der Waals surface area contributed by atoms with Crippen molar-refractivity contribution in [3.8, 4) is 12.1 Å². The number of hydrogen-bond donors (Lipinski definition) is 0. The summed E-state index contributed by atoms with van der Waals surface area (Å²) in [5.74, 6) is 0. The Bertz CT molecular complexity index is 518. The van der Waals surface area contributed by atoms with Crippen LogP contribution in [0, 0.1) is 22.7 Å². The predicted octanol–water partition coefficient (Wildman–Crippen LogP) is 4.35. The second-order valence-electron chi connectivity index (χ2n) is 2.70. The van der Waals surface area contributed by atoms with Crippen molar-refractivity contribution in [3.63, 3.8) is 0 Å². The van der Waals surface area contributed by atoms with Gasteiger partial charge in [-0.1, -0.05) is 0 Å². The summed E-state index contributed by atoms with van der Waals surface area (Å²) in [4.78, 5) is 0. The van der Waals surface area contributed by atoms with E-state index in [1.165, 1.54) is 0 Å². The van der Waals surface area contributed by atoms with Crippen LogP contribution in [-0.4, -0.2) is 0 Å². The highest BCUT2D eigenvalue weighted by Gasteiger charge is 2.04. The molecule has 16 heavy (non-hydrogen) atoms. The zero-order valence-electron chi connectivity index (χ0n) is 7.84. The molecule has 0 aromatic carbocycles. The molecule has 0 aliphatic carbocycles. The largest absolute Gasteiger partial charge is 0.192 e. The summed E-state index contributed by atoms with van der Waals surface area (Å²) in [5.41, 5.74) is 1.41. The molecule has 0 bridgehead atoms. The van der Waals surface area contributed by atoms with Gasteiger partial charge in [0.25, 0.3) is 0 Å². The monoisotopic (exact) mass is 280 g/mol. The smallest absolute Gasteiger partial charge is 0.100 e. The molecule has 2 heterocycles. The minimum absolute atomic E-state index is 0.706. The van der Waals surface area contributed by atoms with E-state index in [-0.39, 0.29) is 0 Å². The van der Waals surface area contributed by atoms with Crippen molar-refractivity contribution in [2.24, 2.45) is 0 Å². The zero-order valence-corrected chi connectivity index (χ0v) is 11.1. The van der Waals surface area contributed by atoms with Crippen LogP contribution in [0.2, 0.25) is 0 Å². The minimum atomic E-state index is 0.706. The molecule has 2 nitrogen and oxygen atoms in total. The third kappa shape index (κ3) is 2.81. The fourth-order valence-corrected chi connectivity index (χ4v) is 5.26. The van der Waals surface area contributed by atoms with Gasteiger partial charge in [-0.15, -0.1) is 22.7 Å². The van der Waals surface area contributed by atoms with Gasteiger partial charge in [0.05, 0.1) is 19.5 Å². The Kier molecular flexibility index (Phi) is 3.92. The van der Waals surface area contributed by atoms with Crippen LogP contribution >= 0.6 is 44.3 Å². The van der Waals surface area contributed by atoms with Gasteiger partial charge < -0.3 is 0 Å². The van der Waals surface area contributed by atoms with Crippen molar-refractivity contribution < 1.29 is 0 Å². The predicted molar refractivity (Wildman–Crippen MR) is 69.8 cm³/mol. The molecular weight excluding hydrogens is 276 g/mol. The standard InChI is InChI=1S/C10H4N2S4/c11-3-7-1-9(13-5-7)15-16-10-2-8(4-12)6-14-10/h1-2,5-6H. The molecular formula is C10H4N2S4. The minimum Gasteiger partial charge on any atom is -0.192 e. The van der Waals surface area contributed by atoms with Gasteiger partial charge in [-0.25, -0.2) is 0 Å². The lowest BCUT2D eigenvalue weighted by atomic mass is 10.4. The van der Waals surface area contributed by atoms with E-state index in [2.05, 4.69) is 12.1 Å². The van der Waals surface area contributed by atoms with Crippen LogP contribution in [0.25, 0.3) is 0 Å². The molecule has 2 aromatic rings. The molecule has 0 aliphatic rings. The average molecular weight is 280 g/mol. The van der Waals surface area contributed by atoms with Crippen LogP contribution < -0.4 is 0 Å². The average Bonchev–Trinajstić information content (AvgIpc) is 2.95. The molecule has 0 amide bonds. The van der Waals surface area contributed by atoms with Crippen LogP contribution in [-0.2, 0) is 0 Å². The topological polar surface area (TPSA) is 47.6 Å². The van der Waals surface area contributed by atoms with Crippen molar-refractivity contribution in [3.05, 3.63) is 34.0 Å². The van der Waals surface area contributed by atoms with Gasteiger partial charge in [-0.3, -0.25) is 0 Å². The van der Waals surface area contributed by atoms with E-state index >= 15 is 0 Å². The summed E-state index contributed by atoms with van der Waals surface area (Å²) in [6.45, 7) is 0. The van der Waals surface area contributed by atoms with E-state index in [0.717, 1.165) is 8.42 Å². The lowest BCUT2D eigenvalue weighted by Gasteiger charge is -1.92. The van der Waals surface area contributed by atoms with Gasteiger partial charge >= 0.3 is 0 Å². The Morgan fingerprint density at radius 3 is 1.62 bits per heavy atom. The quantitative estimate of drug-likeness (QED) is 0.784. The molecule has 0 spiro atoms. The molecule has 0 aliphatic heterocycles. The number of nitrogens with zero attached hydrogens (tertiary/aromatic N) is 2. The molecule has 0 fully saturated rings. The van der Waals surface area contributed by atoms with Gasteiger partial charge in [0.1, 0.15) is 12.1 Å². The van der Waals surface area contributed by atoms with Gasteiger partial charge in [0.15, 0.2) is 0 Å². The van der Waals surface area contributed by atoms with Crippen molar-refractivity contribution in [1.29, 1.82) is 10.5 Å². The Labute approximate surface area is 109 Å². The summed E-state index contributed by atoms with van der Waals surface area (Å²) in [7, 11) is 3.24. The lowest BCUT2D eigenvalue weighted by molar-refractivity contribution is 1.50. The Hall–Kier alpha value is -0.920. The lowest BCUT2D eigenvalue weighted by Crippen LogP contribution is -1.60. The fraction of sp³-hybridized carbons (Fsp3) is 0. The number of nitriles is 2. The SMILES string of the molecule is N#Cc1csc(SSc2cc(C#N)cs2)c1. The highest BCUT2D eigenvalue weighted by molar-refractivity contribution is 8.77. The van der Waals surface area contributed by atoms with Crippen molar-refractivity contribution in [2.45, 2.75) is 8.42 Å². The second-order valence-corrected chi connectivity index (χ2v) is 7.25. The summed E-state index contributed by atoms with van der Waals surface area (Å²) in [5, 5.41) is 21.0. The van der Waals surface area contributed by atoms with Crippen LogP contribution in [0.5, 0.6) is 0 Å². The molecule has 6 heteroatoms. The van der Waals surface area contributed by atoms with E-state index in [1.807, 2.05) is 22.9 Å². The highest BCUT2D eigenvalue weighted by Crippen LogP contribution is 2.42. The van der Waals surface area contributed by atoms with E-state index in [9.17, 15) is 0 Å². The van der Waals surface area contributed by atoms with Crippen LogP contribution in [0.15, 0.2) is 31.3 Å². The molecule has 0 saturated heterocycles. The first-order valence-corrected chi connectivity index (χ1v) is 8.04. The van der Waals surface area contributed by atoms with Gasteiger partial charge in [-0.2, -0.15) is 10.5 Å². The fourth-order valence-electron chi connectivity index (χ4n) is 0.920. The molecule has 2 rings (SSSR count). The van der Waals surface area contributed by atoms with Gasteiger partial charge in [-0.05, 0) is 33.7 Å². The van der Waals surface area contributed by atoms with E-state index < -0.39 is 0 Å². The van der Waals surface area contributed by atoms with Crippen molar-refractivity contribution >= 4 is 44.3 Å². The molecule has 0 N–H and O–H groups in total. The van der Waals surface area contributed by atoms with Crippen molar-refractivity contribution in [2.75, 3.05) is 0 Å². The molecule has 78 valence electrons. The maximum absolute atomic E-state index is 8.68. The maximum atomic E-state index is 8.68. The Morgan fingerprint density at radius 2 is 1.31 bits per heavy atom. The third-order valence-electron chi connectivity index (χ3n) is 1.61. The Balaban J connectivity index is 1.97. The van der Waals surface area contributed by atoms with Crippen LogP contribution in [0.1, 0.15) is 11.1 Å². The normalized spacial score (nSPS) is 9.62. The van der Waals surface area contributed by atoms with E-state index in [4.69, 9.17) is 10.5 Å². The first-order chi connectivity index (χ1) is 7.81. The molecule has 0 atom stereocenters. The second kappa shape index (κ2) is 5.42. The van der Waals surface area contributed by atoms with Crippen molar-refractivity contribution in [1.82, 2.24) is 0 Å². The molecule has 2 aromatic heterocycles. The van der Waals surface area contributed by atoms with Crippen LogP contribution in [0.4, 0.5) is 0 Å². The molecule has 0 radical (unpaired) electrons. The summed E-state index contributed by atoms with van der Waals surface area (Å²) in [6.07, 6.45) is 0. The van der Waals surface area contributed by atoms with Gasteiger partial charge in [0.2, 0.25) is 0 Å². The molecule has 0 unspecified atom stereocenters. The third-order valence-corrected chi connectivity index (χ3v) is 6.74. The first-order valence-electron chi connectivity index (χ1n) is 4.13. The summed E-state index contributed by atoms with van der Waals surface area (Å²) >= 11 is 3.13. The maximum Gasteiger partial charge on any atom is 0.100 e. The van der Waals surface area contributed by atoms with Gasteiger partial charge in [0, 0.05) is 10.8 Å². The number of rotatable bonds is 3. The highest BCUT2D eigenvalue weighted by atomic mass is 33.1. The van der Waals surface area contributed by atoms with Crippen LogP contribution in [0.3, 0.4) is 0 Å². The summed E-state index contributed by atoms with van der Waals surface area (Å²) in [6, 6.07) is 7.96. The number of thiophene rings is 2. The number of hydrogen-bond acceptors (Lipinski definition) is 6. The van der Waals surface area contributed by atoms with E-state index in [1.54, 1.807) is 44.3 Å². The molecule has 0 saturated carbocycles. The Morgan fingerprint density at radius 1 is 0.875 bits per heavy atom. The summed E-state index contributed by atoms with van der Waals surface area (Å²) < 4.78 is 2.21. The first kappa shape index (κ1) is 11.6. The zero-order chi connectivity index (χ0) is 11.4. The van der Waals surface area contributed by atoms with E-state index in [0.29, 0.717) is 11.1 Å².